The maximum atomic E-state index is 12.2. The van der Waals surface area contributed by atoms with Crippen molar-refractivity contribution in [3.05, 3.63) is 0 Å². The number of carboxylic acids is 1. The van der Waals surface area contributed by atoms with Gasteiger partial charge in [0.15, 0.2) is 0 Å². The van der Waals surface area contributed by atoms with E-state index in [0.717, 1.165) is 19.1 Å². The quantitative estimate of drug-likeness (QED) is 0.713. The number of nitrogens with one attached hydrogen (secondary N) is 1. The van der Waals surface area contributed by atoms with Gasteiger partial charge < -0.3 is 10.4 Å². The molecule has 1 amide bonds. The summed E-state index contributed by atoms with van der Waals surface area (Å²) in [6.45, 7) is 2.18. The predicted molar refractivity (Wildman–Crippen MR) is 78.3 cm³/mol. The molecule has 0 aromatic carbocycles. The van der Waals surface area contributed by atoms with E-state index in [9.17, 15) is 18.0 Å². The molecule has 8 heteroatoms. The van der Waals surface area contributed by atoms with Crippen LogP contribution in [0.25, 0.3) is 0 Å². The molecule has 0 bridgehead atoms. The van der Waals surface area contributed by atoms with E-state index >= 15 is 0 Å². The van der Waals surface area contributed by atoms with Gasteiger partial charge in [-0.15, -0.1) is 0 Å². The van der Waals surface area contributed by atoms with Crippen molar-refractivity contribution in [3.63, 3.8) is 0 Å². The van der Waals surface area contributed by atoms with Gasteiger partial charge in [-0.1, -0.05) is 6.42 Å². The second-order valence-electron chi connectivity index (χ2n) is 5.58. The molecule has 1 aliphatic heterocycles. The molecule has 1 saturated heterocycles. The molecule has 122 valence electrons. The van der Waals surface area contributed by atoms with E-state index in [0.29, 0.717) is 25.8 Å². The smallest absolute Gasteiger partial charge is 0.303 e. The molecule has 0 aromatic heterocycles. The maximum absolute atomic E-state index is 12.2. The number of carbonyl (C=O) groups is 2. The zero-order valence-electron chi connectivity index (χ0n) is 12.5. The van der Waals surface area contributed by atoms with Crippen molar-refractivity contribution < 1.29 is 23.1 Å². The standard InChI is InChI=1S/C13H24N2O5S/c1-10(6-5-8-12(16)17)14-13(18)11-7-3-4-9-15(11)21(2,19)20/h10-11H,3-9H2,1-2H3,(H,14,18)(H,16,17). The van der Waals surface area contributed by atoms with E-state index in [-0.39, 0.29) is 18.4 Å². The molecule has 1 rings (SSSR count). The summed E-state index contributed by atoms with van der Waals surface area (Å²) in [5.41, 5.74) is 0. The molecule has 2 atom stereocenters. The van der Waals surface area contributed by atoms with Gasteiger partial charge in [-0.2, -0.15) is 4.31 Å². The monoisotopic (exact) mass is 320 g/mol. The van der Waals surface area contributed by atoms with Crippen LogP contribution in [-0.4, -0.2) is 54.6 Å². The molecular weight excluding hydrogens is 296 g/mol. The van der Waals surface area contributed by atoms with Crippen molar-refractivity contribution >= 4 is 21.9 Å². The average Bonchev–Trinajstić information content (AvgIpc) is 2.37. The van der Waals surface area contributed by atoms with Crippen LogP contribution in [0.2, 0.25) is 0 Å². The predicted octanol–water partition coefficient (Wildman–Crippen LogP) is 0.560. The normalized spacial score (nSPS) is 21.7. The Labute approximate surface area is 125 Å². The first-order valence-corrected chi connectivity index (χ1v) is 9.05. The van der Waals surface area contributed by atoms with Crippen molar-refractivity contribution in [1.82, 2.24) is 9.62 Å². The fourth-order valence-corrected chi connectivity index (χ4v) is 3.66. The number of rotatable bonds is 7. The van der Waals surface area contributed by atoms with E-state index in [4.69, 9.17) is 5.11 Å². The summed E-state index contributed by atoms with van der Waals surface area (Å²) in [5, 5.41) is 11.4. The number of amides is 1. The summed E-state index contributed by atoms with van der Waals surface area (Å²) in [6.07, 6.45) is 4.36. The molecule has 0 aromatic rings. The second kappa shape index (κ2) is 7.74. The Hall–Kier alpha value is -1.15. The lowest BCUT2D eigenvalue weighted by molar-refractivity contribution is -0.137. The lowest BCUT2D eigenvalue weighted by atomic mass is 10.0. The number of aliphatic carboxylic acids is 1. The summed E-state index contributed by atoms with van der Waals surface area (Å²) < 4.78 is 24.7. The van der Waals surface area contributed by atoms with Gasteiger partial charge in [-0.25, -0.2) is 8.42 Å². The van der Waals surface area contributed by atoms with Crippen LogP contribution in [0.3, 0.4) is 0 Å². The van der Waals surface area contributed by atoms with Crippen LogP contribution in [0.5, 0.6) is 0 Å². The SMILES string of the molecule is CC(CCCC(=O)O)NC(=O)C1CCCCN1S(C)(=O)=O. The van der Waals surface area contributed by atoms with Crippen LogP contribution in [0.15, 0.2) is 0 Å². The Morgan fingerprint density at radius 3 is 2.62 bits per heavy atom. The minimum atomic E-state index is -3.39. The van der Waals surface area contributed by atoms with Gasteiger partial charge in [0, 0.05) is 19.0 Å². The van der Waals surface area contributed by atoms with Gasteiger partial charge in [0.1, 0.15) is 6.04 Å². The third kappa shape index (κ3) is 6.01. The van der Waals surface area contributed by atoms with Crippen molar-refractivity contribution in [2.75, 3.05) is 12.8 Å². The molecule has 1 aliphatic rings. The lowest BCUT2D eigenvalue weighted by Gasteiger charge is -2.33. The minimum Gasteiger partial charge on any atom is -0.481 e. The summed E-state index contributed by atoms with van der Waals surface area (Å²) in [4.78, 5) is 22.7. The molecule has 0 saturated carbocycles. The molecule has 0 spiro atoms. The van der Waals surface area contributed by atoms with E-state index in [1.165, 1.54) is 4.31 Å². The fourth-order valence-electron chi connectivity index (χ4n) is 2.53. The van der Waals surface area contributed by atoms with Crippen molar-refractivity contribution in [3.8, 4) is 0 Å². The Kier molecular flexibility index (Phi) is 6.60. The van der Waals surface area contributed by atoms with E-state index in [1.54, 1.807) is 6.92 Å². The first-order valence-electron chi connectivity index (χ1n) is 7.21. The van der Waals surface area contributed by atoms with E-state index in [2.05, 4.69) is 5.32 Å². The fraction of sp³-hybridized carbons (Fsp3) is 0.846. The van der Waals surface area contributed by atoms with Gasteiger partial charge in [0.2, 0.25) is 15.9 Å². The molecule has 0 aliphatic carbocycles. The highest BCUT2D eigenvalue weighted by molar-refractivity contribution is 7.88. The minimum absolute atomic E-state index is 0.0686. The van der Waals surface area contributed by atoms with E-state index in [1.807, 2.05) is 0 Å². The molecule has 2 N–H and O–H groups in total. The van der Waals surface area contributed by atoms with Crippen LogP contribution in [0.4, 0.5) is 0 Å². The number of sulfonamides is 1. The summed E-state index contributed by atoms with van der Waals surface area (Å²) in [6, 6.07) is -0.809. The summed E-state index contributed by atoms with van der Waals surface area (Å²) >= 11 is 0. The maximum Gasteiger partial charge on any atom is 0.303 e. The van der Waals surface area contributed by atoms with Crippen molar-refractivity contribution in [2.24, 2.45) is 0 Å². The number of nitrogens with zero attached hydrogens (tertiary/aromatic N) is 1. The number of piperidine rings is 1. The topological polar surface area (TPSA) is 104 Å². The Morgan fingerprint density at radius 1 is 1.38 bits per heavy atom. The first-order chi connectivity index (χ1) is 9.71. The third-order valence-corrected chi connectivity index (χ3v) is 4.89. The highest BCUT2D eigenvalue weighted by Crippen LogP contribution is 2.20. The molecular formula is C13H24N2O5S. The van der Waals surface area contributed by atoms with Crippen molar-refractivity contribution in [2.45, 2.75) is 57.5 Å². The molecule has 1 fully saturated rings. The van der Waals surface area contributed by atoms with Gasteiger partial charge in [-0.05, 0) is 32.6 Å². The Morgan fingerprint density at radius 2 is 2.05 bits per heavy atom. The van der Waals surface area contributed by atoms with Crippen LogP contribution >= 0.6 is 0 Å². The first kappa shape index (κ1) is 17.9. The second-order valence-corrected chi connectivity index (χ2v) is 7.52. The Balaban J connectivity index is 2.54. The highest BCUT2D eigenvalue weighted by Gasteiger charge is 2.34. The zero-order valence-corrected chi connectivity index (χ0v) is 13.4. The third-order valence-electron chi connectivity index (χ3n) is 3.60. The largest absolute Gasteiger partial charge is 0.481 e. The van der Waals surface area contributed by atoms with Crippen molar-refractivity contribution in [1.29, 1.82) is 0 Å². The number of hydrogen-bond acceptors (Lipinski definition) is 4. The van der Waals surface area contributed by atoms with Gasteiger partial charge >= 0.3 is 5.97 Å². The molecule has 1 heterocycles. The van der Waals surface area contributed by atoms with Gasteiger partial charge in [0.25, 0.3) is 0 Å². The van der Waals surface area contributed by atoms with Crippen LogP contribution < -0.4 is 5.32 Å². The van der Waals surface area contributed by atoms with Gasteiger partial charge in [0.05, 0.1) is 6.26 Å². The molecule has 21 heavy (non-hydrogen) atoms. The zero-order chi connectivity index (χ0) is 16.0. The van der Waals surface area contributed by atoms with Crippen LogP contribution in [0, 0.1) is 0 Å². The van der Waals surface area contributed by atoms with E-state index < -0.39 is 22.0 Å². The van der Waals surface area contributed by atoms with Gasteiger partial charge in [-0.3, -0.25) is 9.59 Å². The summed E-state index contributed by atoms with van der Waals surface area (Å²) in [5.74, 6) is -1.15. The molecule has 0 radical (unpaired) electrons. The Bertz CT molecular complexity index is 477. The molecule has 2 unspecified atom stereocenters. The summed E-state index contributed by atoms with van der Waals surface area (Å²) in [7, 11) is -3.39. The number of carbonyl (C=O) groups excluding carboxylic acids is 1. The average molecular weight is 320 g/mol. The highest BCUT2D eigenvalue weighted by atomic mass is 32.2. The van der Waals surface area contributed by atoms with Crippen LogP contribution in [0.1, 0.15) is 45.4 Å². The lowest BCUT2D eigenvalue weighted by Crippen LogP contribution is -2.53. The number of carboxylic acid groups (broad SMARTS) is 1. The van der Waals surface area contributed by atoms with Crippen LogP contribution in [-0.2, 0) is 19.6 Å². The number of hydrogen-bond donors (Lipinski definition) is 2. The molecule has 7 nitrogen and oxygen atoms in total.